The van der Waals surface area contributed by atoms with Crippen LogP contribution in [-0.2, 0) is 6.54 Å². The number of hydrogen-bond acceptors (Lipinski definition) is 3. The lowest BCUT2D eigenvalue weighted by Gasteiger charge is -2.09. The molecule has 4 heteroatoms. The molecule has 0 aliphatic heterocycles. The zero-order chi connectivity index (χ0) is 8.81. The molecule has 0 spiro atoms. The average molecular weight is 165 g/mol. The molecule has 1 aromatic carbocycles. The van der Waals surface area contributed by atoms with Crippen molar-refractivity contribution in [3.05, 3.63) is 40.8 Å². The molecular weight excluding hydrogens is 154 g/mol. The van der Waals surface area contributed by atoms with Gasteiger partial charge in [-0.15, -0.1) is 4.91 Å². The Labute approximate surface area is 71.1 Å². The second-order valence-electron chi connectivity index (χ2n) is 2.43. The lowest BCUT2D eigenvalue weighted by molar-refractivity contribution is 0.239. The van der Waals surface area contributed by atoms with Crippen molar-refractivity contribution in [3.63, 3.8) is 0 Å². The first-order chi connectivity index (χ1) is 5.83. The number of hydrogen-bond donors (Lipinski definition) is 1. The number of nitrogens with zero attached hydrogens (tertiary/aromatic N) is 2. The van der Waals surface area contributed by atoms with Gasteiger partial charge >= 0.3 is 0 Å². The molecule has 0 atom stereocenters. The summed E-state index contributed by atoms with van der Waals surface area (Å²) in [7, 11) is 1.57. The molecule has 1 aromatic rings. The minimum atomic E-state index is 0.614. The summed E-state index contributed by atoms with van der Waals surface area (Å²) < 4.78 is 0. The molecule has 0 aliphatic carbocycles. The van der Waals surface area contributed by atoms with Crippen LogP contribution in [0.1, 0.15) is 5.56 Å². The predicted molar refractivity (Wildman–Crippen MR) is 46.8 cm³/mol. The van der Waals surface area contributed by atoms with Gasteiger partial charge in [0.15, 0.2) is 0 Å². The molecule has 1 rings (SSSR count). The van der Waals surface area contributed by atoms with E-state index in [4.69, 9.17) is 0 Å². The Morgan fingerprint density at radius 2 is 2.08 bits per heavy atom. The van der Waals surface area contributed by atoms with Crippen LogP contribution in [0.2, 0.25) is 0 Å². The lowest BCUT2D eigenvalue weighted by atomic mass is 10.2. The normalized spacial score (nSPS) is 9.42. The third-order valence-corrected chi connectivity index (χ3v) is 1.48. The SMILES string of the molecule is CN(N=O)NCc1ccccc1. The van der Waals surface area contributed by atoms with E-state index in [1.54, 1.807) is 7.05 Å². The van der Waals surface area contributed by atoms with Crippen molar-refractivity contribution in [1.82, 2.24) is 10.5 Å². The first-order valence-corrected chi connectivity index (χ1v) is 3.67. The van der Waals surface area contributed by atoms with E-state index in [1.165, 1.54) is 0 Å². The van der Waals surface area contributed by atoms with Crippen LogP contribution in [0.5, 0.6) is 0 Å². The molecule has 0 bridgehead atoms. The molecule has 0 aliphatic rings. The fourth-order valence-corrected chi connectivity index (χ4v) is 0.830. The molecule has 0 saturated carbocycles. The molecule has 0 saturated heterocycles. The summed E-state index contributed by atoms with van der Waals surface area (Å²) in [6.07, 6.45) is 0. The summed E-state index contributed by atoms with van der Waals surface area (Å²) in [6.45, 7) is 0.614. The number of rotatable bonds is 4. The van der Waals surface area contributed by atoms with Gasteiger partial charge in [0.25, 0.3) is 0 Å². The van der Waals surface area contributed by atoms with E-state index in [0.29, 0.717) is 6.54 Å². The predicted octanol–water partition coefficient (Wildman–Crippen LogP) is 1.30. The summed E-state index contributed by atoms with van der Waals surface area (Å²) in [5, 5.41) is 3.82. The van der Waals surface area contributed by atoms with Gasteiger partial charge in [0.2, 0.25) is 0 Å². The first kappa shape index (κ1) is 8.67. The highest BCUT2D eigenvalue weighted by Crippen LogP contribution is 1.97. The van der Waals surface area contributed by atoms with Gasteiger partial charge in [0, 0.05) is 13.6 Å². The van der Waals surface area contributed by atoms with Crippen LogP contribution in [0, 0.1) is 4.91 Å². The summed E-state index contributed by atoms with van der Waals surface area (Å²) in [6, 6.07) is 9.80. The van der Waals surface area contributed by atoms with Gasteiger partial charge in [-0.25, -0.2) is 5.43 Å². The van der Waals surface area contributed by atoms with Gasteiger partial charge in [-0.1, -0.05) is 30.3 Å². The fraction of sp³-hybridized carbons (Fsp3) is 0.250. The Balaban J connectivity index is 2.38. The van der Waals surface area contributed by atoms with E-state index in [9.17, 15) is 4.91 Å². The molecule has 4 nitrogen and oxygen atoms in total. The maximum absolute atomic E-state index is 9.94. The van der Waals surface area contributed by atoms with E-state index in [1.807, 2.05) is 30.3 Å². The molecular formula is C8H11N3O. The smallest absolute Gasteiger partial charge is 0.0681 e. The van der Waals surface area contributed by atoms with E-state index in [0.717, 1.165) is 10.7 Å². The largest absolute Gasteiger partial charge is 0.211 e. The highest BCUT2D eigenvalue weighted by Gasteiger charge is 1.93. The van der Waals surface area contributed by atoms with Crippen LogP contribution in [-0.4, -0.2) is 12.2 Å². The molecule has 64 valence electrons. The molecule has 0 aromatic heterocycles. The van der Waals surface area contributed by atoms with Crippen molar-refractivity contribution in [2.45, 2.75) is 6.54 Å². The molecule has 0 unspecified atom stereocenters. The molecule has 0 fully saturated rings. The second kappa shape index (κ2) is 4.46. The van der Waals surface area contributed by atoms with Gasteiger partial charge in [0.1, 0.15) is 0 Å². The highest BCUT2D eigenvalue weighted by atomic mass is 16.3. The van der Waals surface area contributed by atoms with Crippen molar-refractivity contribution in [2.75, 3.05) is 7.05 Å². The van der Waals surface area contributed by atoms with E-state index < -0.39 is 0 Å². The Hall–Kier alpha value is -1.42. The standard InChI is InChI=1S/C8H11N3O/c1-11(10-12)9-7-8-5-3-2-4-6-8/h2-6,9H,7H2,1H3. The Kier molecular flexibility index (Phi) is 3.22. The number of hydrazine groups is 1. The van der Waals surface area contributed by atoms with E-state index in [2.05, 4.69) is 10.7 Å². The van der Waals surface area contributed by atoms with Gasteiger partial charge in [-0.3, -0.25) is 0 Å². The summed E-state index contributed by atoms with van der Waals surface area (Å²) >= 11 is 0. The van der Waals surface area contributed by atoms with Gasteiger partial charge in [0.05, 0.1) is 5.29 Å². The third-order valence-electron chi connectivity index (χ3n) is 1.48. The molecule has 1 N–H and O–H groups in total. The van der Waals surface area contributed by atoms with Gasteiger partial charge in [-0.2, -0.15) is 5.12 Å². The van der Waals surface area contributed by atoms with Crippen molar-refractivity contribution in [2.24, 2.45) is 5.29 Å². The van der Waals surface area contributed by atoms with E-state index in [-0.39, 0.29) is 0 Å². The Morgan fingerprint density at radius 1 is 1.42 bits per heavy atom. The Bertz CT molecular complexity index is 237. The number of nitroso groups, excluding NO2 is 1. The zero-order valence-corrected chi connectivity index (χ0v) is 6.90. The zero-order valence-electron chi connectivity index (χ0n) is 6.90. The maximum atomic E-state index is 9.94. The molecule has 0 heterocycles. The van der Waals surface area contributed by atoms with Crippen molar-refractivity contribution in [1.29, 1.82) is 0 Å². The van der Waals surface area contributed by atoms with Gasteiger partial charge < -0.3 is 0 Å². The third kappa shape index (κ3) is 2.67. The van der Waals surface area contributed by atoms with Crippen molar-refractivity contribution in [3.8, 4) is 0 Å². The molecule has 0 amide bonds. The van der Waals surface area contributed by atoms with E-state index >= 15 is 0 Å². The Morgan fingerprint density at radius 3 is 2.67 bits per heavy atom. The van der Waals surface area contributed by atoms with Crippen LogP contribution in [0.3, 0.4) is 0 Å². The van der Waals surface area contributed by atoms with Crippen LogP contribution in [0.25, 0.3) is 0 Å². The van der Waals surface area contributed by atoms with Crippen LogP contribution in [0.15, 0.2) is 35.6 Å². The summed E-state index contributed by atoms with van der Waals surface area (Å²) in [4.78, 5) is 9.94. The molecule has 12 heavy (non-hydrogen) atoms. The second-order valence-corrected chi connectivity index (χ2v) is 2.43. The van der Waals surface area contributed by atoms with Crippen LogP contribution >= 0.6 is 0 Å². The monoisotopic (exact) mass is 165 g/mol. The topological polar surface area (TPSA) is 44.7 Å². The van der Waals surface area contributed by atoms with Gasteiger partial charge in [-0.05, 0) is 5.56 Å². The fourth-order valence-electron chi connectivity index (χ4n) is 0.830. The quantitative estimate of drug-likeness (QED) is 0.540. The number of benzene rings is 1. The maximum Gasteiger partial charge on any atom is 0.0681 e. The number of nitrogens with one attached hydrogen (secondary N) is 1. The van der Waals surface area contributed by atoms with Crippen molar-refractivity contribution < 1.29 is 0 Å². The lowest BCUT2D eigenvalue weighted by Crippen LogP contribution is -2.28. The first-order valence-electron chi connectivity index (χ1n) is 3.67. The molecule has 0 radical (unpaired) electrons. The summed E-state index contributed by atoms with van der Waals surface area (Å²) in [5.41, 5.74) is 3.92. The van der Waals surface area contributed by atoms with Crippen LogP contribution in [0.4, 0.5) is 0 Å². The minimum absolute atomic E-state index is 0.614. The summed E-state index contributed by atoms with van der Waals surface area (Å²) in [5.74, 6) is 0. The average Bonchev–Trinajstić information content (AvgIpc) is 2.16. The highest BCUT2D eigenvalue weighted by molar-refractivity contribution is 5.13. The van der Waals surface area contributed by atoms with Crippen LogP contribution < -0.4 is 5.43 Å². The van der Waals surface area contributed by atoms with Crippen molar-refractivity contribution >= 4 is 0 Å². The minimum Gasteiger partial charge on any atom is -0.211 e.